The highest BCUT2D eigenvalue weighted by Gasteiger charge is 2.52. The molecule has 2 heterocycles. The summed E-state index contributed by atoms with van der Waals surface area (Å²) in [6.07, 6.45) is 8.43. The Morgan fingerprint density at radius 1 is 1.14 bits per heavy atom. The Bertz CT molecular complexity index is 1350. The number of nitrogens with two attached hydrogens (primary N) is 1. The molecule has 0 unspecified atom stereocenters. The molecule has 1 saturated carbocycles. The second-order valence-corrected chi connectivity index (χ2v) is 14.5. The second-order valence-electron chi connectivity index (χ2n) is 14.1. The summed E-state index contributed by atoms with van der Waals surface area (Å²) in [5.41, 5.74) is 7.49. The Balaban J connectivity index is 0.00000337. The lowest BCUT2D eigenvalue weighted by molar-refractivity contribution is -0.134. The SMILES string of the molecule is C.CC(C)(C)CC[C@H](c1ccc(C(=O)NCC(=N)N)cc1)N1C(=O)C(c2cncc(Cl)c2)=NC12CCC(C(C)(C)C)CC2.N. The van der Waals surface area contributed by atoms with Crippen LogP contribution in [0.25, 0.3) is 0 Å². The smallest absolute Gasteiger partial charge is 0.275 e. The number of amidine groups is 1. The lowest BCUT2D eigenvalue weighted by atomic mass is 9.69. The first-order valence-electron chi connectivity index (χ1n) is 14.9. The van der Waals surface area contributed by atoms with Gasteiger partial charge in [0.2, 0.25) is 0 Å². The quantitative estimate of drug-likeness (QED) is 0.178. The minimum absolute atomic E-state index is 0. The highest BCUT2D eigenvalue weighted by atomic mass is 35.5. The van der Waals surface area contributed by atoms with Gasteiger partial charge in [-0.15, -0.1) is 0 Å². The minimum Gasteiger partial charge on any atom is -0.386 e. The molecular formula is C34H52ClN7O2. The van der Waals surface area contributed by atoms with E-state index in [1.54, 1.807) is 30.6 Å². The molecule has 7 N–H and O–H groups in total. The van der Waals surface area contributed by atoms with Gasteiger partial charge in [0.1, 0.15) is 17.2 Å². The van der Waals surface area contributed by atoms with Crippen molar-refractivity contribution in [1.82, 2.24) is 21.4 Å². The normalized spacial score (nSPS) is 20.8. The summed E-state index contributed by atoms with van der Waals surface area (Å²) in [7, 11) is 0. The number of carbonyl (C=O) groups is 2. The number of rotatable bonds is 8. The third-order valence-electron chi connectivity index (χ3n) is 8.66. The number of aromatic nitrogens is 1. The van der Waals surface area contributed by atoms with Crippen LogP contribution < -0.4 is 17.2 Å². The molecule has 2 aromatic rings. The van der Waals surface area contributed by atoms with Gasteiger partial charge in [-0.25, -0.2) is 0 Å². The van der Waals surface area contributed by atoms with Crippen LogP contribution >= 0.6 is 11.6 Å². The van der Waals surface area contributed by atoms with E-state index in [4.69, 9.17) is 27.7 Å². The molecule has 1 fully saturated rings. The van der Waals surface area contributed by atoms with Crippen LogP contribution in [0.2, 0.25) is 5.02 Å². The van der Waals surface area contributed by atoms with Crippen LogP contribution in [-0.2, 0) is 4.79 Å². The molecule has 10 heteroatoms. The number of nitrogens with one attached hydrogen (secondary N) is 2. The fourth-order valence-corrected chi connectivity index (χ4v) is 6.40. The van der Waals surface area contributed by atoms with E-state index in [2.05, 4.69) is 51.8 Å². The van der Waals surface area contributed by atoms with Crippen LogP contribution in [0.5, 0.6) is 0 Å². The number of amides is 2. The molecule has 0 saturated heterocycles. The fraction of sp³-hybridized carbons (Fsp3) is 0.559. The van der Waals surface area contributed by atoms with Crippen molar-refractivity contribution < 1.29 is 9.59 Å². The van der Waals surface area contributed by atoms with Crippen LogP contribution in [0, 0.1) is 22.2 Å². The van der Waals surface area contributed by atoms with Gasteiger partial charge < -0.3 is 22.1 Å². The molecule has 1 spiro atoms. The van der Waals surface area contributed by atoms with E-state index in [9.17, 15) is 9.59 Å². The number of nitrogens with zero attached hydrogens (tertiary/aromatic N) is 3. The monoisotopic (exact) mass is 625 g/mol. The first-order chi connectivity index (χ1) is 19.6. The molecule has 1 aromatic heterocycles. The third kappa shape index (κ3) is 8.45. The summed E-state index contributed by atoms with van der Waals surface area (Å²) < 4.78 is 0. The van der Waals surface area contributed by atoms with E-state index in [-0.39, 0.29) is 54.6 Å². The molecule has 1 atom stereocenters. The molecule has 1 aliphatic heterocycles. The summed E-state index contributed by atoms with van der Waals surface area (Å²) >= 11 is 6.30. The first-order valence-corrected chi connectivity index (χ1v) is 15.2. The first kappa shape index (κ1) is 36.9. The van der Waals surface area contributed by atoms with Crippen LogP contribution in [0.3, 0.4) is 0 Å². The highest BCUT2D eigenvalue weighted by Crippen LogP contribution is 2.50. The maximum Gasteiger partial charge on any atom is 0.275 e. The van der Waals surface area contributed by atoms with E-state index in [1.165, 1.54) is 0 Å². The Labute approximate surface area is 268 Å². The van der Waals surface area contributed by atoms with Crippen molar-refractivity contribution in [1.29, 1.82) is 5.41 Å². The molecular weight excluding hydrogens is 574 g/mol. The Morgan fingerprint density at radius 3 is 2.27 bits per heavy atom. The average Bonchev–Trinajstić information content (AvgIpc) is 3.18. The average molecular weight is 626 g/mol. The van der Waals surface area contributed by atoms with E-state index in [0.717, 1.165) is 44.1 Å². The Hall–Kier alpha value is -3.30. The largest absolute Gasteiger partial charge is 0.386 e. The van der Waals surface area contributed by atoms with Gasteiger partial charge >= 0.3 is 0 Å². The molecule has 1 aromatic carbocycles. The van der Waals surface area contributed by atoms with Gasteiger partial charge in [0.05, 0.1) is 17.6 Å². The minimum atomic E-state index is -0.656. The summed E-state index contributed by atoms with van der Waals surface area (Å²) in [6.45, 7) is 13.5. The molecule has 1 aliphatic carbocycles. The van der Waals surface area contributed by atoms with Gasteiger partial charge in [0.25, 0.3) is 11.8 Å². The van der Waals surface area contributed by atoms with Crippen molar-refractivity contribution in [3.05, 3.63) is 64.4 Å². The molecule has 44 heavy (non-hydrogen) atoms. The third-order valence-corrected chi connectivity index (χ3v) is 8.86. The zero-order chi connectivity index (χ0) is 30.9. The van der Waals surface area contributed by atoms with Crippen molar-refractivity contribution in [3.63, 3.8) is 0 Å². The number of halogens is 1. The van der Waals surface area contributed by atoms with E-state index in [1.807, 2.05) is 17.0 Å². The Kier molecular flexibility index (Phi) is 11.9. The fourth-order valence-electron chi connectivity index (χ4n) is 6.22. The maximum atomic E-state index is 14.5. The Morgan fingerprint density at radius 2 is 1.75 bits per heavy atom. The number of pyridine rings is 1. The number of carbonyl (C=O) groups excluding carboxylic acids is 2. The molecule has 4 rings (SSSR count). The predicted molar refractivity (Wildman–Crippen MR) is 181 cm³/mol. The van der Waals surface area contributed by atoms with E-state index < -0.39 is 5.66 Å². The lowest BCUT2D eigenvalue weighted by Crippen LogP contribution is -2.51. The molecule has 0 radical (unpaired) electrons. The summed E-state index contributed by atoms with van der Waals surface area (Å²) in [5.74, 6) is 0.0479. The highest BCUT2D eigenvalue weighted by molar-refractivity contribution is 6.47. The van der Waals surface area contributed by atoms with Crippen molar-refractivity contribution in [2.45, 2.75) is 99.2 Å². The zero-order valence-corrected chi connectivity index (χ0v) is 27.2. The molecule has 2 aliphatic rings. The zero-order valence-electron chi connectivity index (χ0n) is 26.5. The molecule has 2 amide bonds. The number of hydrogen-bond donors (Lipinski definition) is 4. The van der Waals surface area contributed by atoms with Crippen molar-refractivity contribution in [2.75, 3.05) is 6.54 Å². The van der Waals surface area contributed by atoms with Gasteiger partial charge in [-0.05, 0) is 79.0 Å². The molecule has 242 valence electrons. The second kappa shape index (κ2) is 14.2. The van der Waals surface area contributed by atoms with Gasteiger partial charge in [0.15, 0.2) is 0 Å². The topological polar surface area (TPSA) is 160 Å². The predicted octanol–water partition coefficient (Wildman–Crippen LogP) is 7.33. The molecule has 9 nitrogen and oxygen atoms in total. The lowest BCUT2D eigenvalue weighted by Gasteiger charge is -2.47. The van der Waals surface area contributed by atoms with Crippen LogP contribution in [0.1, 0.15) is 115 Å². The maximum absolute atomic E-state index is 14.5. The van der Waals surface area contributed by atoms with Crippen LogP contribution in [-0.4, -0.2) is 45.5 Å². The number of aliphatic imine (C=N–C) groups is 1. The van der Waals surface area contributed by atoms with Gasteiger partial charge in [-0.2, -0.15) is 0 Å². The molecule has 0 bridgehead atoms. The van der Waals surface area contributed by atoms with Gasteiger partial charge in [-0.3, -0.25) is 25.0 Å². The summed E-state index contributed by atoms with van der Waals surface area (Å²) in [4.78, 5) is 38.6. The summed E-state index contributed by atoms with van der Waals surface area (Å²) in [6, 6.07) is 8.98. The van der Waals surface area contributed by atoms with Crippen LogP contribution in [0.4, 0.5) is 0 Å². The number of benzene rings is 1. The van der Waals surface area contributed by atoms with Crippen molar-refractivity contribution >= 4 is 35.0 Å². The number of hydrogen-bond acceptors (Lipinski definition) is 6. The van der Waals surface area contributed by atoms with E-state index >= 15 is 0 Å². The van der Waals surface area contributed by atoms with Crippen molar-refractivity contribution in [2.24, 2.45) is 27.5 Å². The van der Waals surface area contributed by atoms with Crippen molar-refractivity contribution in [3.8, 4) is 0 Å². The van der Waals surface area contributed by atoms with Gasteiger partial charge in [-0.1, -0.05) is 72.7 Å². The van der Waals surface area contributed by atoms with Gasteiger partial charge in [0, 0.05) is 23.5 Å². The van der Waals surface area contributed by atoms with Crippen LogP contribution in [0.15, 0.2) is 47.7 Å². The standard InChI is InChI=1S/C33H45ClN6O2.CH4.H3N/c1-31(2,3)14-13-26(21-7-9-22(10-8-21)29(41)38-20-27(35)36)40-30(42)28(23-17-25(34)19-37-18-23)39-33(40)15-11-24(12-16-33)32(4,5)6;;/h7-10,17-19,24,26H,11-16,20H2,1-6H3,(H3,35,36)(H,38,41);1H4;1H3/t24?,26-,33?;;/m1../s1. The summed E-state index contributed by atoms with van der Waals surface area (Å²) in [5, 5.41) is 10.5. The van der Waals surface area contributed by atoms with E-state index in [0.29, 0.717) is 27.8 Å².